The van der Waals surface area contributed by atoms with E-state index >= 15 is 0 Å². The summed E-state index contributed by atoms with van der Waals surface area (Å²) in [6, 6.07) is 6.19. The fourth-order valence-corrected chi connectivity index (χ4v) is 2.59. The number of aromatic nitrogens is 3. The highest BCUT2D eigenvalue weighted by Crippen LogP contribution is 2.24. The second-order valence-electron chi connectivity index (χ2n) is 5.17. The molecule has 3 rings (SSSR count). The van der Waals surface area contributed by atoms with Crippen LogP contribution in [0, 0.1) is 6.92 Å². The van der Waals surface area contributed by atoms with Crippen molar-refractivity contribution >= 4 is 5.69 Å². The number of hydrogen-bond acceptors (Lipinski definition) is 4. The van der Waals surface area contributed by atoms with E-state index in [2.05, 4.69) is 21.2 Å². The summed E-state index contributed by atoms with van der Waals surface area (Å²) in [5.41, 5.74) is 9.62. The third-order valence-corrected chi connectivity index (χ3v) is 3.94. The van der Waals surface area contributed by atoms with Crippen LogP contribution in [0.15, 0.2) is 18.2 Å². The summed E-state index contributed by atoms with van der Waals surface area (Å²) in [6.45, 7) is 4.74. The summed E-state index contributed by atoms with van der Waals surface area (Å²) in [4.78, 5) is 2.38. The molecular formula is C14H19N5. The van der Waals surface area contributed by atoms with Gasteiger partial charge in [-0.1, -0.05) is 12.1 Å². The first-order chi connectivity index (χ1) is 9.15. The van der Waals surface area contributed by atoms with E-state index in [-0.39, 0.29) is 0 Å². The number of nitrogens with two attached hydrogens (primary N) is 1. The van der Waals surface area contributed by atoms with Crippen LogP contribution in [0.4, 0.5) is 5.69 Å². The van der Waals surface area contributed by atoms with Crippen molar-refractivity contribution in [1.82, 2.24) is 19.7 Å². The molecule has 1 aliphatic heterocycles. The monoisotopic (exact) mass is 257 g/mol. The summed E-state index contributed by atoms with van der Waals surface area (Å²) in [6.07, 6.45) is 1.05. The summed E-state index contributed by atoms with van der Waals surface area (Å²) in [5, 5.41) is 8.33. The highest BCUT2D eigenvalue weighted by molar-refractivity contribution is 5.51. The number of rotatable bonds is 2. The van der Waals surface area contributed by atoms with E-state index in [9.17, 15) is 0 Å². The van der Waals surface area contributed by atoms with Crippen molar-refractivity contribution in [1.29, 1.82) is 0 Å². The lowest BCUT2D eigenvalue weighted by molar-refractivity contribution is 0.237. The molecule has 0 spiro atoms. The molecule has 0 amide bonds. The third kappa shape index (κ3) is 2.21. The molecule has 0 saturated heterocycles. The molecule has 1 aromatic heterocycles. The topological polar surface area (TPSA) is 60.0 Å². The van der Waals surface area contributed by atoms with Crippen molar-refractivity contribution < 1.29 is 0 Å². The van der Waals surface area contributed by atoms with Gasteiger partial charge in [-0.15, -0.1) is 10.2 Å². The molecule has 0 bridgehead atoms. The molecule has 0 atom stereocenters. The number of nitrogen functional groups attached to an aromatic ring is 1. The maximum absolute atomic E-state index is 6.07. The van der Waals surface area contributed by atoms with E-state index in [0.717, 1.165) is 43.4 Å². The molecule has 2 aromatic rings. The lowest BCUT2D eigenvalue weighted by Gasteiger charge is -2.29. The van der Waals surface area contributed by atoms with Crippen molar-refractivity contribution in [3.8, 4) is 0 Å². The smallest absolute Gasteiger partial charge is 0.146 e. The SMILES string of the molecule is Cc1nnc(CN2CCc3cccc(N)c3C2)n1C. The highest BCUT2D eigenvalue weighted by atomic mass is 15.3. The van der Waals surface area contributed by atoms with Crippen LogP contribution in [0.1, 0.15) is 22.8 Å². The van der Waals surface area contributed by atoms with Crippen molar-refractivity contribution in [3.05, 3.63) is 41.0 Å². The number of anilines is 1. The summed E-state index contributed by atoms with van der Waals surface area (Å²) < 4.78 is 2.05. The second kappa shape index (κ2) is 4.66. The number of fused-ring (bicyclic) bond motifs is 1. The Morgan fingerprint density at radius 3 is 2.89 bits per heavy atom. The van der Waals surface area contributed by atoms with Gasteiger partial charge in [0.1, 0.15) is 11.6 Å². The average Bonchev–Trinajstić information content (AvgIpc) is 2.72. The molecule has 5 nitrogen and oxygen atoms in total. The zero-order valence-corrected chi connectivity index (χ0v) is 11.4. The Balaban J connectivity index is 1.79. The molecule has 0 fully saturated rings. The van der Waals surface area contributed by atoms with Crippen LogP contribution in [0.3, 0.4) is 0 Å². The molecule has 2 heterocycles. The fourth-order valence-electron chi connectivity index (χ4n) is 2.59. The normalized spacial score (nSPS) is 15.5. The van der Waals surface area contributed by atoms with Gasteiger partial charge < -0.3 is 10.3 Å². The second-order valence-corrected chi connectivity index (χ2v) is 5.17. The Kier molecular flexibility index (Phi) is 2.98. The summed E-state index contributed by atoms with van der Waals surface area (Å²) in [5.74, 6) is 1.96. The van der Waals surface area contributed by atoms with E-state index < -0.39 is 0 Å². The zero-order chi connectivity index (χ0) is 13.4. The molecule has 0 aliphatic carbocycles. The van der Waals surface area contributed by atoms with Gasteiger partial charge in [0.2, 0.25) is 0 Å². The van der Waals surface area contributed by atoms with Crippen molar-refractivity contribution in [2.45, 2.75) is 26.4 Å². The summed E-state index contributed by atoms with van der Waals surface area (Å²) >= 11 is 0. The Morgan fingerprint density at radius 2 is 2.16 bits per heavy atom. The molecule has 2 N–H and O–H groups in total. The minimum Gasteiger partial charge on any atom is -0.398 e. The van der Waals surface area contributed by atoms with Crippen LogP contribution in [0.5, 0.6) is 0 Å². The van der Waals surface area contributed by atoms with Gasteiger partial charge in [0.05, 0.1) is 6.54 Å². The average molecular weight is 257 g/mol. The first-order valence-electron chi connectivity index (χ1n) is 6.58. The van der Waals surface area contributed by atoms with Crippen LogP contribution in [0.25, 0.3) is 0 Å². The largest absolute Gasteiger partial charge is 0.398 e. The third-order valence-electron chi connectivity index (χ3n) is 3.94. The summed E-state index contributed by atoms with van der Waals surface area (Å²) in [7, 11) is 2.01. The molecule has 19 heavy (non-hydrogen) atoms. The van der Waals surface area contributed by atoms with Gasteiger partial charge in [-0.3, -0.25) is 4.90 Å². The molecule has 1 aliphatic rings. The lowest BCUT2D eigenvalue weighted by Crippen LogP contribution is -2.31. The van der Waals surface area contributed by atoms with Crippen molar-refractivity contribution in [2.24, 2.45) is 7.05 Å². The minimum atomic E-state index is 0.825. The van der Waals surface area contributed by atoms with Gasteiger partial charge in [0, 0.05) is 25.8 Å². The van der Waals surface area contributed by atoms with Gasteiger partial charge in [0.25, 0.3) is 0 Å². The van der Waals surface area contributed by atoms with E-state index in [1.165, 1.54) is 11.1 Å². The Hall–Kier alpha value is -1.88. The first kappa shape index (κ1) is 12.2. The van der Waals surface area contributed by atoms with Gasteiger partial charge in [-0.05, 0) is 30.5 Å². The van der Waals surface area contributed by atoms with Gasteiger partial charge >= 0.3 is 0 Å². The van der Waals surface area contributed by atoms with Crippen LogP contribution in [-0.4, -0.2) is 26.2 Å². The zero-order valence-electron chi connectivity index (χ0n) is 11.4. The maximum Gasteiger partial charge on any atom is 0.146 e. The van der Waals surface area contributed by atoms with E-state index in [0.29, 0.717) is 0 Å². The van der Waals surface area contributed by atoms with Gasteiger partial charge in [0.15, 0.2) is 0 Å². The van der Waals surface area contributed by atoms with Crippen LogP contribution >= 0.6 is 0 Å². The molecule has 1 aromatic carbocycles. The van der Waals surface area contributed by atoms with Crippen molar-refractivity contribution in [2.75, 3.05) is 12.3 Å². The van der Waals surface area contributed by atoms with Gasteiger partial charge in [-0.2, -0.15) is 0 Å². The molecule has 5 heteroatoms. The van der Waals surface area contributed by atoms with Crippen LogP contribution < -0.4 is 5.73 Å². The van der Waals surface area contributed by atoms with E-state index in [4.69, 9.17) is 5.73 Å². The Labute approximate surface area is 113 Å². The Bertz CT molecular complexity index is 602. The number of hydrogen-bond donors (Lipinski definition) is 1. The lowest BCUT2D eigenvalue weighted by atomic mass is 9.98. The number of nitrogens with zero attached hydrogens (tertiary/aromatic N) is 4. The predicted octanol–water partition coefficient (Wildman–Crippen LogP) is 1.26. The predicted molar refractivity (Wildman–Crippen MR) is 74.4 cm³/mol. The van der Waals surface area contributed by atoms with E-state index in [1.54, 1.807) is 0 Å². The van der Waals surface area contributed by atoms with Gasteiger partial charge in [-0.25, -0.2) is 0 Å². The molecular weight excluding hydrogens is 238 g/mol. The number of benzene rings is 1. The fraction of sp³-hybridized carbons (Fsp3) is 0.429. The van der Waals surface area contributed by atoms with E-state index in [1.807, 2.05) is 30.7 Å². The first-order valence-corrected chi connectivity index (χ1v) is 6.58. The maximum atomic E-state index is 6.07. The Morgan fingerprint density at radius 1 is 1.32 bits per heavy atom. The van der Waals surface area contributed by atoms with Crippen LogP contribution in [0.2, 0.25) is 0 Å². The molecule has 0 unspecified atom stereocenters. The quantitative estimate of drug-likeness (QED) is 0.823. The van der Waals surface area contributed by atoms with Crippen molar-refractivity contribution in [3.63, 3.8) is 0 Å². The molecule has 0 saturated carbocycles. The number of aryl methyl sites for hydroxylation is 1. The minimum absolute atomic E-state index is 0.825. The molecule has 100 valence electrons. The van der Waals surface area contributed by atoms with Crippen LogP contribution in [-0.2, 0) is 26.6 Å². The molecule has 0 radical (unpaired) electrons. The standard InChI is InChI=1S/C14H19N5/c1-10-16-17-14(18(10)2)9-19-7-6-11-4-3-5-13(15)12(11)8-19/h3-5H,6-9,15H2,1-2H3. The highest BCUT2D eigenvalue weighted by Gasteiger charge is 2.19.